The number of aryl methyl sites for hydroxylation is 1. The molecule has 3 aromatic rings. The Morgan fingerprint density at radius 3 is 2.10 bits per heavy atom. The lowest BCUT2D eigenvalue weighted by atomic mass is 9.88. The minimum Gasteiger partial charge on any atom is -0.484 e. The highest BCUT2D eigenvalue weighted by atomic mass is 19.2. The summed E-state index contributed by atoms with van der Waals surface area (Å²) in [4.78, 5) is 11.8. The van der Waals surface area contributed by atoms with Gasteiger partial charge in [-0.2, -0.15) is 0 Å². The van der Waals surface area contributed by atoms with Crippen LogP contribution in [0, 0.1) is 36.0 Å². The summed E-state index contributed by atoms with van der Waals surface area (Å²) in [6, 6.07) is 7.74. The van der Waals surface area contributed by atoms with Crippen LogP contribution < -0.4 is 4.74 Å². The Bertz CT molecular complexity index is 1120. The van der Waals surface area contributed by atoms with Crippen molar-refractivity contribution in [3.05, 3.63) is 87.6 Å². The van der Waals surface area contributed by atoms with Gasteiger partial charge in [0.15, 0.2) is 29.1 Å². The van der Waals surface area contributed by atoms with E-state index < -0.39 is 46.7 Å². The topological polar surface area (TPSA) is 39.4 Å². The van der Waals surface area contributed by atoms with Crippen LogP contribution in [0.2, 0.25) is 0 Å². The van der Waals surface area contributed by atoms with E-state index >= 15 is 0 Å². The maximum Gasteiger partial charge on any atom is 0.200 e. The van der Waals surface area contributed by atoms with Gasteiger partial charge in [0.25, 0.3) is 0 Å². The van der Waals surface area contributed by atoms with E-state index in [2.05, 4.69) is 0 Å². The second-order valence-corrected chi connectivity index (χ2v) is 6.71. The van der Waals surface area contributed by atoms with E-state index in [0.717, 1.165) is 0 Å². The smallest absolute Gasteiger partial charge is 0.200 e. The Morgan fingerprint density at radius 2 is 1.52 bits per heavy atom. The van der Waals surface area contributed by atoms with E-state index in [4.69, 9.17) is 9.15 Å². The molecule has 3 nitrogen and oxygen atoms in total. The van der Waals surface area contributed by atoms with Crippen molar-refractivity contribution in [1.29, 1.82) is 0 Å². The SMILES string of the molecule is CC(=O)c1cc([C@H]2c3ccccc3O[C@H]2c2c(F)c(F)c(F)c(F)c2F)oc1C. The van der Waals surface area contributed by atoms with E-state index in [9.17, 15) is 26.7 Å². The van der Waals surface area contributed by atoms with Gasteiger partial charge < -0.3 is 9.15 Å². The van der Waals surface area contributed by atoms with Crippen molar-refractivity contribution in [3.8, 4) is 5.75 Å². The summed E-state index contributed by atoms with van der Waals surface area (Å²) in [6.07, 6.45) is -1.58. The predicted octanol–water partition coefficient (Wildman–Crippen LogP) is 5.75. The Hall–Kier alpha value is -3.16. The molecule has 0 fully saturated rings. The maximum atomic E-state index is 14.5. The fourth-order valence-electron chi connectivity index (χ4n) is 3.62. The van der Waals surface area contributed by atoms with Crippen molar-refractivity contribution >= 4 is 5.78 Å². The van der Waals surface area contributed by atoms with E-state index in [1.165, 1.54) is 26.0 Å². The van der Waals surface area contributed by atoms with Crippen molar-refractivity contribution in [2.45, 2.75) is 25.9 Å². The highest BCUT2D eigenvalue weighted by Gasteiger charge is 2.44. The van der Waals surface area contributed by atoms with Crippen molar-refractivity contribution in [2.75, 3.05) is 0 Å². The number of rotatable bonds is 3. The van der Waals surface area contributed by atoms with Crippen molar-refractivity contribution in [2.24, 2.45) is 0 Å². The number of ketones is 1. The Labute approximate surface area is 161 Å². The number of hydrogen-bond donors (Lipinski definition) is 0. The summed E-state index contributed by atoms with van der Waals surface area (Å²) in [5, 5.41) is 0. The number of ether oxygens (including phenoxy) is 1. The lowest BCUT2D eigenvalue weighted by Gasteiger charge is -2.20. The third kappa shape index (κ3) is 2.82. The summed E-state index contributed by atoms with van der Waals surface area (Å²) in [7, 11) is 0. The lowest BCUT2D eigenvalue weighted by Crippen LogP contribution is -2.18. The highest BCUT2D eigenvalue weighted by molar-refractivity contribution is 5.95. The number of Topliss-reactive ketones (excluding diaryl/α,β-unsaturated/α-hetero) is 1. The standard InChI is InChI=1S/C21H13F5O3/c1-8(27)11-7-13(28-9(11)2)14-10-5-3-4-6-12(10)29-21(14)15-16(22)18(24)20(26)19(25)17(15)23/h3-7,14,21H,1-2H3/t14-,21-/m1/s1. The van der Waals surface area contributed by atoms with Crippen molar-refractivity contribution < 1.29 is 35.9 Å². The third-order valence-corrected chi connectivity index (χ3v) is 4.96. The fourth-order valence-corrected chi connectivity index (χ4v) is 3.62. The molecule has 1 aliphatic heterocycles. The van der Waals surface area contributed by atoms with Crippen molar-refractivity contribution in [1.82, 2.24) is 0 Å². The second kappa shape index (κ2) is 6.72. The molecular weight excluding hydrogens is 395 g/mol. The average Bonchev–Trinajstić information content (AvgIpc) is 3.25. The molecule has 0 radical (unpaired) electrons. The van der Waals surface area contributed by atoms with Crippen LogP contribution in [0.4, 0.5) is 22.0 Å². The first kappa shape index (κ1) is 19.2. The predicted molar refractivity (Wildman–Crippen MR) is 91.3 cm³/mol. The van der Waals surface area contributed by atoms with Gasteiger partial charge in [-0.25, -0.2) is 22.0 Å². The summed E-state index contributed by atoms with van der Waals surface area (Å²) >= 11 is 0. The van der Waals surface area contributed by atoms with Crippen LogP contribution in [0.25, 0.3) is 0 Å². The summed E-state index contributed by atoms with van der Waals surface area (Å²) in [5.41, 5.74) is -0.410. The number of para-hydroxylation sites is 1. The molecule has 0 bridgehead atoms. The minimum absolute atomic E-state index is 0.117. The Balaban J connectivity index is 1.95. The zero-order valence-electron chi connectivity index (χ0n) is 15.2. The fraction of sp³-hybridized carbons (Fsp3) is 0.190. The molecule has 1 aromatic heterocycles. The molecule has 0 saturated carbocycles. The first-order valence-electron chi connectivity index (χ1n) is 8.60. The number of benzene rings is 2. The van der Waals surface area contributed by atoms with E-state index in [0.29, 0.717) is 5.56 Å². The molecule has 29 heavy (non-hydrogen) atoms. The number of furan rings is 1. The maximum absolute atomic E-state index is 14.5. The quantitative estimate of drug-likeness (QED) is 0.240. The normalized spacial score (nSPS) is 17.9. The molecule has 0 unspecified atom stereocenters. The molecule has 0 aliphatic carbocycles. The summed E-state index contributed by atoms with van der Waals surface area (Å²) in [5.74, 6) is -11.0. The number of carbonyl (C=O) groups is 1. The van der Waals surface area contributed by atoms with Crippen LogP contribution in [-0.2, 0) is 0 Å². The monoisotopic (exact) mass is 408 g/mol. The number of hydrogen-bond acceptors (Lipinski definition) is 3. The van der Waals surface area contributed by atoms with E-state index in [1.54, 1.807) is 18.2 Å². The molecule has 2 aromatic carbocycles. The van der Waals surface area contributed by atoms with Crippen LogP contribution in [0.5, 0.6) is 5.75 Å². The molecule has 8 heteroatoms. The zero-order chi connectivity index (χ0) is 21.0. The molecule has 2 atom stereocenters. The molecule has 0 spiro atoms. The van der Waals surface area contributed by atoms with Gasteiger partial charge in [0.2, 0.25) is 5.82 Å². The van der Waals surface area contributed by atoms with Crippen LogP contribution in [0.15, 0.2) is 34.7 Å². The minimum atomic E-state index is -2.25. The first-order chi connectivity index (χ1) is 13.7. The summed E-state index contributed by atoms with van der Waals surface area (Å²) < 4.78 is 81.3. The molecule has 1 aliphatic rings. The molecule has 0 saturated heterocycles. The summed E-state index contributed by atoms with van der Waals surface area (Å²) in [6.45, 7) is 2.86. The molecule has 0 N–H and O–H groups in total. The largest absolute Gasteiger partial charge is 0.484 e. The van der Waals surface area contributed by atoms with Gasteiger partial charge in [-0.15, -0.1) is 0 Å². The zero-order valence-corrected chi connectivity index (χ0v) is 15.2. The van der Waals surface area contributed by atoms with Crippen LogP contribution in [0.3, 0.4) is 0 Å². The molecule has 4 rings (SSSR count). The highest BCUT2D eigenvalue weighted by Crippen LogP contribution is 2.51. The number of fused-ring (bicyclic) bond motifs is 1. The number of halogens is 5. The van der Waals surface area contributed by atoms with Crippen LogP contribution in [0.1, 0.15) is 52.0 Å². The van der Waals surface area contributed by atoms with Gasteiger partial charge in [0, 0.05) is 5.56 Å². The van der Waals surface area contributed by atoms with E-state index in [-0.39, 0.29) is 28.6 Å². The van der Waals surface area contributed by atoms with Gasteiger partial charge >= 0.3 is 0 Å². The van der Waals surface area contributed by atoms with Gasteiger partial charge in [-0.1, -0.05) is 18.2 Å². The van der Waals surface area contributed by atoms with Crippen molar-refractivity contribution in [3.63, 3.8) is 0 Å². The van der Waals surface area contributed by atoms with Gasteiger partial charge in [0.05, 0.1) is 17.0 Å². The number of carbonyl (C=O) groups excluding carboxylic acids is 1. The molecule has 0 amide bonds. The molecular formula is C21H13F5O3. The lowest BCUT2D eigenvalue weighted by molar-refractivity contribution is 0.101. The first-order valence-corrected chi connectivity index (χ1v) is 8.60. The Kier molecular flexibility index (Phi) is 4.44. The van der Waals surface area contributed by atoms with E-state index in [1.807, 2.05) is 0 Å². The third-order valence-electron chi connectivity index (χ3n) is 4.96. The van der Waals surface area contributed by atoms with Gasteiger partial charge in [-0.3, -0.25) is 4.79 Å². The van der Waals surface area contributed by atoms with Crippen LogP contribution in [-0.4, -0.2) is 5.78 Å². The molecule has 2 heterocycles. The second-order valence-electron chi connectivity index (χ2n) is 6.71. The average molecular weight is 408 g/mol. The van der Waals surface area contributed by atoms with Gasteiger partial charge in [0.1, 0.15) is 23.4 Å². The molecule has 150 valence electrons. The Morgan fingerprint density at radius 1 is 0.931 bits per heavy atom. The van der Waals surface area contributed by atoms with Crippen LogP contribution >= 0.6 is 0 Å². The van der Waals surface area contributed by atoms with Gasteiger partial charge in [-0.05, 0) is 26.0 Å².